The maximum absolute atomic E-state index is 8.87. The summed E-state index contributed by atoms with van der Waals surface area (Å²) in [5, 5.41) is 8.87. The third kappa shape index (κ3) is 14.5. The van der Waals surface area contributed by atoms with Crippen molar-refractivity contribution in [2.24, 2.45) is 5.92 Å². The van der Waals surface area contributed by atoms with Gasteiger partial charge < -0.3 is 19.3 Å². The largest absolute Gasteiger partial charge is 0.394 e. The molecule has 0 aliphatic carbocycles. The van der Waals surface area contributed by atoms with E-state index in [1.807, 2.05) is 20.8 Å². The summed E-state index contributed by atoms with van der Waals surface area (Å²) in [6, 6.07) is 0. The Hall–Kier alpha value is -0.160. The highest BCUT2D eigenvalue weighted by Crippen LogP contribution is 2.08. The molecule has 0 rings (SSSR count). The molecule has 0 radical (unpaired) electrons. The number of aliphatic hydroxyl groups is 1. The van der Waals surface area contributed by atoms with E-state index >= 15 is 0 Å². The molecule has 0 aromatic heterocycles. The molecule has 3 unspecified atom stereocenters. The minimum atomic E-state index is -0.129. The summed E-state index contributed by atoms with van der Waals surface area (Å²) >= 11 is 0. The highest BCUT2D eigenvalue weighted by Gasteiger charge is 2.09. The lowest BCUT2D eigenvalue weighted by molar-refractivity contribution is -0.0746. The summed E-state index contributed by atoms with van der Waals surface area (Å²) in [5.41, 5.74) is 0. The van der Waals surface area contributed by atoms with E-state index in [2.05, 4.69) is 13.8 Å². The molecule has 0 aliphatic heterocycles. The van der Waals surface area contributed by atoms with Crippen molar-refractivity contribution in [3.63, 3.8) is 0 Å². The van der Waals surface area contributed by atoms with Gasteiger partial charge in [-0.1, -0.05) is 33.1 Å². The number of aliphatic hydroxyl groups excluding tert-OH is 1. The Morgan fingerprint density at radius 2 is 1.29 bits per heavy atom. The van der Waals surface area contributed by atoms with Gasteiger partial charge in [0.15, 0.2) is 0 Å². The zero-order valence-electron chi connectivity index (χ0n) is 14.6. The van der Waals surface area contributed by atoms with Gasteiger partial charge in [0.05, 0.1) is 38.1 Å². The van der Waals surface area contributed by atoms with Gasteiger partial charge in [0.25, 0.3) is 0 Å². The lowest BCUT2D eigenvalue weighted by atomic mass is 10.1. The number of hydrogen-bond donors (Lipinski definition) is 1. The lowest BCUT2D eigenvalue weighted by Crippen LogP contribution is -2.26. The van der Waals surface area contributed by atoms with Crippen molar-refractivity contribution in [3.8, 4) is 0 Å². The molecule has 0 heterocycles. The number of unbranched alkanes of at least 4 members (excludes halogenated alkanes) is 2. The van der Waals surface area contributed by atoms with Gasteiger partial charge in [-0.3, -0.25) is 0 Å². The molecule has 0 aliphatic rings. The zero-order valence-corrected chi connectivity index (χ0v) is 14.6. The third-order valence-electron chi connectivity index (χ3n) is 3.32. The van der Waals surface area contributed by atoms with Crippen LogP contribution >= 0.6 is 0 Å². The van der Waals surface area contributed by atoms with E-state index in [0.29, 0.717) is 13.2 Å². The van der Waals surface area contributed by atoms with Crippen molar-refractivity contribution in [2.45, 2.75) is 78.6 Å². The van der Waals surface area contributed by atoms with Crippen LogP contribution in [-0.4, -0.2) is 49.8 Å². The predicted molar refractivity (Wildman–Crippen MR) is 86.6 cm³/mol. The van der Waals surface area contributed by atoms with Gasteiger partial charge >= 0.3 is 0 Å². The Labute approximate surface area is 131 Å². The van der Waals surface area contributed by atoms with Crippen LogP contribution in [0.25, 0.3) is 0 Å². The van der Waals surface area contributed by atoms with Crippen molar-refractivity contribution >= 4 is 0 Å². The van der Waals surface area contributed by atoms with Crippen LogP contribution in [0.3, 0.4) is 0 Å². The second-order valence-electron chi connectivity index (χ2n) is 6.40. The highest BCUT2D eigenvalue weighted by molar-refractivity contribution is 4.55. The number of hydrogen-bond acceptors (Lipinski definition) is 4. The molecule has 0 fully saturated rings. The van der Waals surface area contributed by atoms with Crippen LogP contribution in [0.4, 0.5) is 0 Å². The molecule has 0 amide bonds. The molecule has 0 spiro atoms. The average Bonchev–Trinajstić information content (AvgIpc) is 2.45. The first kappa shape index (κ1) is 20.8. The Morgan fingerprint density at radius 3 is 1.86 bits per heavy atom. The van der Waals surface area contributed by atoms with Crippen molar-refractivity contribution < 1.29 is 19.3 Å². The van der Waals surface area contributed by atoms with Crippen LogP contribution in [0.2, 0.25) is 0 Å². The number of ether oxygens (including phenoxy) is 3. The van der Waals surface area contributed by atoms with Crippen LogP contribution in [-0.2, 0) is 14.2 Å². The minimum absolute atomic E-state index is 0.0242. The fraction of sp³-hybridized carbons (Fsp3) is 1.00. The summed E-state index contributed by atoms with van der Waals surface area (Å²) < 4.78 is 16.8. The normalized spacial score (nSPS) is 16.1. The van der Waals surface area contributed by atoms with Crippen molar-refractivity contribution in [3.05, 3.63) is 0 Å². The maximum atomic E-state index is 8.87. The summed E-state index contributed by atoms with van der Waals surface area (Å²) in [5.74, 6) is 0.801. The molecule has 0 saturated carbocycles. The summed E-state index contributed by atoms with van der Waals surface area (Å²) in [6.07, 6.45) is 4.99. The Balaban J connectivity index is 3.42. The minimum Gasteiger partial charge on any atom is -0.394 e. The highest BCUT2D eigenvalue weighted by atomic mass is 16.6. The first-order valence-corrected chi connectivity index (χ1v) is 8.41. The van der Waals surface area contributed by atoms with Gasteiger partial charge in [0.1, 0.15) is 0 Å². The SMILES string of the molecule is CC(C)CCCCCOC(C)COC(C)COC(C)CO. The van der Waals surface area contributed by atoms with E-state index in [1.54, 1.807) is 0 Å². The molecule has 128 valence electrons. The molecule has 4 nitrogen and oxygen atoms in total. The van der Waals surface area contributed by atoms with Gasteiger partial charge in [0.2, 0.25) is 0 Å². The van der Waals surface area contributed by atoms with Crippen LogP contribution in [0.15, 0.2) is 0 Å². The summed E-state index contributed by atoms with van der Waals surface area (Å²) in [4.78, 5) is 0. The van der Waals surface area contributed by atoms with Gasteiger partial charge in [-0.2, -0.15) is 0 Å². The van der Waals surface area contributed by atoms with Crippen LogP contribution in [0.1, 0.15) is 60.3 Å². The van der Waals surface area contributed by atoms with E-state index in [0.717, 1.165) is 18.9 Å². The smallest absolute Gasteiger partial charge is 0.0781 e. The molecule has 4 heteroatoms. The quantitative estimate of drug-likeness (QED) is 0.500. The summed E-state index contributed by atoms with van der Waals surface area (Å²) in [7, 11) is 0. The molecular weight excluding hydrogens is 268 g/mol. The van der Waals surface area contributed by atoms with Gasteiger partial charge in [-0.25, -0.2) is 0 Å². The topological polar surface area (TPSA) is 47.9 Å². The molecule has 21 heavy (non-hydrogen) atoms. The van der Waals surface area contributed by atoms with Crippen molar-refractivity contribution in [2.75, 3.05) is 26.4 Å². The van der Waals surface area contributed by atoms with E-state index < -0.39 is 0 Å². The molecule has 0 aromatic rings. The van der Waals surface area contributed by atoms with Gasteiger partial charge in [-0.15, -0.1) is 0 Å². The fourth-order valence-corrected chi connectivity index (χ4v) is 1.86. The van der Waals surface area contributed by atoms with E-state index in [1.165, 1.54) is 19.3 Å². The van der Waals surface area contributed by atoms with Crippen LogP contribution < -0.4 is 0 Å². The van der Waals surface area contributed by atoms with Gasteiger partial charge in [0, 0.05) is 6.61 Å². The van der Waals surface area contributed by atoms with Crippen LogP contribution in [0, 0.1) is 5.92 Å². The van der Waals surface area contributed by atoms with Crippen molar-refractivity contribution in [1.82, 2.24) is 0 Å². The van der Waals surface area contributed by atoms with Crippen LogP contribution in [0.5, 0.6) is 0 Å². The Kier molecular flexibility index (Phi) is 13.4. The average molecular weight is 304 g/mol. The second-order valence-corrected chi connectivity index (χ2v) is 6.40. The zero-order chi connectivity index (χ0) is 16.1. The standard InChI is InChI=1S/C17H36O4/c1-14(2)9-7-6-8-10-19-16(4)12-21-17(5)13-20-15(3)11-18/h14-18H,6-13H2,1-5H3. The first-order chi connectivity index (χ1) is 9.95. The van der Waals surface area contributed by atoms with E-state index in [-0.39, 0.29) is 24.9 Å². The second kappa shape index (κ2) is 13.5. The first-order valence-electron chi connectivity index (χ1n) is 8.41. The number of rotatable bonds is 14. The molecular formula is C17H36O4. The monoisotopic (exact) mass is 304 g/mol. The third-order valence-corrected chi connectivity index (χ3v) is 3.32. The molecule has 0 bridgehead atoms. The lowest BCUT2D eigenvalue weighted by Gasteiger charge is -2.19. The molecule has 0 aromatic carbocycles. The molecule has 3 atom stereocenters. The fourth-order valence-electron chi connectivity index (χ4n) is 1.86. The summed E-state index contributed by atoms with van der Waals surface area (Å²) in [6.45, 7) is 12.3. The Bertz CT molecular complexity index is 221. The van der Waals surface area contributed by atoms with E-state index in [4.69, 9.17) is 19.3 Å². The van der Waals surface area contributed by atoms with Gasteiger partial charge in [-0.05, 0) is 33.1 Å². The predicted octanol–water partition coefficient (Wildman–Crippen LogP) is 3.41. The molecule has 1 N–H and O–H groups in total. The van der Waals surface area contributed by atoms with E-state index in [9.17, 15) is 0 Å². The van der Waals surface area contributed by atoms with Crippen molar-refractivity contribution in [1.29, 1.82) is 0 Å². The Morgan fingerprint density at radius 1 is 0.714 bits per heavy atom. The maximum Gasteiger partial charge on any atom is 0.0781 e. The molecule has 0 saturated heterocycles.